The first-order chi connectivity index (χ1) is 6.65. The zero-order valence-corrected chi connectivity index (χ0v) is 7.32. The first-order valence-electron chi connectivity index (χ1n) is 3.96. The third-order valence-corrected chi connectivity index (χ3v) is 1.55. The molecule has 7 heteroatoms. The van der Waals surface area contributed by atoms with Crippen LogP contribution in [-0.4, -0.2) is 28.9 Å². The number of hydrogen-bond acceptors (Lipinski definition) is 4. The molecular weight excluding hydrogens is 188 g/mol. The van der Waals surface area contributed by atoms with E-state index < -0.39 is 10.8 Å². The highest BCUT2D eigenvalue weighted by Crippen LogP contribution is 2.11. The Morgan fingerprint density at radius 3 is 2.93 bits per heavy atom. The lowest BCUT2D eigenvalue weighted by molar-refractivity contribution is -0.384. The van der Waals surface area contributed by atoms with Crippen LogP contribution in [0.3, 0.4) is 0 Å². The highest BCUT2D eigenvalue weighted by molar-refractivity contribution is 5.93. The van der Waals surface area contributed by atoms with Gasteiger partial charge < -0.3 is 16.0 Å². The molecule has 0 saturated carbocycles. The fourth-order valence-electron chi connectivity index (χ4n) is 0.900. The molecule has 0 unspecified atom stereocenters. The smallest absolute Gasteiger partial charge is 0.287 e. The number of H-pyrrole nitrogens is 1. The minimum absolute atomic E-state index is 0.136. The summed E-state index contributed by atoms with van der Waals surface area (Å²) >= 11 is 0. The summed E-state index contributed by atoms with van der Waals surface area (Å²) in [4.78, 5) is 23.4. The minimum Gasteiger partial charge on any atom is -0.351 e. The Morgan fingerprint density at radius 1 is 1.71 bits per heavy atom. The van der Waals surface area contributed by atoms with E-state index in [0.29, 0.717) is 13.1 Å². The monoisotopic (exact) mass is 198 g/mol. The molecule has 0 aliphatic rings. The molecule has 7 nitrogen and oxygen atoms in total. The van der Waals surface area contributed by atoms with Gasteiger partial charge in [-0.15, -0.1) is 0 Å². The molecule has 0 atom stereocenters. The van der Waals surface area contributed by atoms with Gasteiger partial charge >= 0.3 is 0 Å². The van der Waals surface area contributed by atoms with E-state index >= 15 is 0 Å². The predicted octanol–water partition coefficient (Wildman–Crippen LogP) is -0.389. The van der Waals surface area contributed by atoms with Crippen LogP contribution in [0.25, 0.3) is 0 Å². The number of nitrogens with two attached hydrogens (primary N) is 1. The van der Waals surface area contributed by atoms with Crippen LogP contribution in [0.1, 0.15) is 10.5 Å². The van der Waals surface area contributed by atoms with Crippen molar-refractivity contribution in [2.45, 2.75) is 0 Å². The zero-order valence-electron chi connectivity index (χ0n) is 7.32. The lowest BCUT2D eigenvalue weighted by Crippen LogP contribution is -2.29. The van der Waals surface area contributed by atoms with Crippen molar-refractivity contribution in [1.29, 1.82) is 0 Å². The van der Waals surface area contributed by atoms with Gasteiger partial charge in [-0.3, -0.25) is 14.9 Å². The fourth-order valence-corrected chi connectivity index (χ4v) is 0.900. The molecular formula is C7H10N4O3. The molecule has 1 aromatic rings. The van der Waals surface area contributed by atoms with E-state index in [1.807, 2.05) is 0 Å². The third kappa shape index (κ3) is 2.30. The molecule has 1 rings (SSSR count). The molecule has 1 heterocycles. The molecule has 0 fully saturated rings. The van der Waals surface area contributed by atoms with Gasteiger partial charge in [-0.25, -0.2) is 0 Å². The maximum absolute atomic E-state index is 11.2. The largest absolute Gasteiger partial charge is 0.351 e. The molecule has 0 aliphatic heterocycles. The average molecular weight is 198 g/mol. The van der Waals surface area contributed by atoms with Crippen LogP contribution in [0.5, 0.6) is 0 Å². The van der Waals surface area contributed by atoms with E-state index in [-0.39, 0.29) is 11.4 Å². The van der Waals surface area contributed by atoms with Gasteiger partial charge in [-0.2, -0.15) is 0 Å². The van der Waals surface area contributed by atoms with E-state index in [9.17, 15) is 14.9 Å². The number of nitro groups is 1. The van der Waals surface area contributed by atoms with Crippen molar-refractivity contribution in [1.82, 2.24) is 10.3 Å². The molecule has 0 radical (unpaired) electrons. The van der Waals surface area contributed by atoms with Crippen molar-refractivity contribution in [2.24, 2.45) is 5.73 Å². The van der Waals surface area contributed by atoms with Crippen LogP contribution in [-0.2, 0) is 0 Å². The van der Waals surface area contributed by atoms with Gasteiger partial charge in [0.05, 0.1) is 11.1 Å². The molecule has 0 aromatic carbocycles. The summed E-state index contributed by atoms with van der Waals surface area (Å²) in [5.74, 6) is -0.399. The summed E-state index contributed by atoms with van der Waals surface area (Å²) in [6.45, 7) is 0.667. The summed E-state index contributed by atoms with van der Waals surface area (Å²) in [6, 6.07) is 1.17. The summed E-state index contributed by atoms with van der Waals surface area (Å²) in [5, 5.41) is 12.8. The number of aromatic nitrogens is 1. The minimum atomic E-state index is -0.573. The van der Waals surface area contributed by atoms with Crippen LogP contribution < -0.4 is 11.1 Å². The lowest BCUT2D eigenvalue weighted by atomic mass is 10.4. The lowest BCUT2D eigenvalue weighted by Gasteiger charge is -1.98. The van der Waals surface area contributed by atoms with Gasteiger partial charge in [-0.05, 0) is 0 Å². The Bertz CT molecular complexity index is 346. The van der Waals surface area contributed by atoms with E-state index in [2.05, 4.69) is 10.3 Å². The van der Waals surface area contributed by atoms with Crippen LogP contribution in [0.2, 0.25) is 0 Å². The normalized spacial score (nSPS) is 9.79. The van der Waals surface area contributed by atoms with Crippen molar-refractivity contribution in [2.75, 3.05) is 13.1 Å². The molecule has 0 aliphatic carbocycles. The van der Waals surface area contributed by atoms with Gasteiger partial charge in [0, 0.05) is 19.2 Å². The highest BCUT2D eigenvalue weighted by Gasteiger charge is 2.13. The Labute approximate surface area is 79.4 Å². The Balaban J connectivity index is 2.66. The predicted molar refractivity (Wildman–Crippen MR) is 48.8 cm³/mol. The molecule has 1 aromatic heterocycles. The molecule has 1 amide bonds. The Kier molecular flexibility index (Phi) is 3.19. The van der Waals surface area contributed by atoms with Crippen LogP contribution >= 0.6 is 0 Å². The van der Waals surface area contributed by atoms with Gasteiger partial charge in [0.25, 0.3) is 11.6 Å². The van der Waals surface area contributed by atoms with Gasteiger partial charge in [0.2, 0.25) is 0 Å². The summed E-state index contributed by atoms with van der Waals surface area (Å²) in [5.41, 5.74) is 5.20. The number of aromatic amines is 1. The van der Waals surface area contributed by atoms with E-state index in [1.165, 1.54) is 6.07 Å². The van der Waals surface area contributed by atoms with Crippen molar-refractivity contribution in [3.05, 3.63) is 28.1 Å². The molecule has 4 N–H and O–H groups in total. The summed E-state index contributed by atoms with van der Waals surface area (Å²) in [6.07, 6.45) is 1.16. The van der Waals surface area contributed by atoms with Gasteiger partial charge in [0.15, 0.2) is 0 Å². The number of nitrogens with zero attached hydrogens (tertiary/aromatic N) is 1. The second kappa shape index (κ2) is 4.38. The topological polar surface area (TPSA) is 114 Å². The second-order valence-electron chi connectivity index (χ2n) is 2.57. The molecule has 0 spiro atoms. The van der Waals surface area contributed by atoms with Gasteiger partial charge in [0.1, 0.15) is 5.69 Å². The maximum Gasteiger partial charge on any atom is 0.287 e. The summed E-state index contributed by atoms with van der Waals surface area (Å²) < 4.78 is 0. The van der Waals surface area contributed by atoms with Gasteiger partial charge in [-0.1, -0.05) is 0 Å². The molecule has 0 bridgehead atoms. The first-order valence-corrected chi connectivity index (χ1v) is 3.96. The standard InChI is InChI=1S/C7H10N4O3/c8-1-2-9-7(12)6-3-5(4-10-6)11(13)14/h3-4,10H,1-2,8H2,(H,9,12). The SMILES string of the molecule is NCCNC(=O)c1cc([N+](=O)[O-])c[nH]1. The van der Waals surface area contributed by atoms with E-state index in [1.54, 1.807) is 0 Å². The third-order valence-electron chi connectivity index (χ3n) is 1.55. The number of nitrogens with one attached hydrogen (secondary N) is 2. The average Bonchev–Trinajstić information content (AvgIpc) is 2.62. The number of rotatable bonds is 4. The Morgan fingerprint density at radius 2 is 2.43 bits per heavy atom. The molecule has 14 heavy (non-hydrogen) atoms. The van der Waals surface area contributed by atoms with E-state index in [4.69, 9.17) is 5.73 Å². The van der Waals surface area contributed by atoms with Crippen molar-refractivity contribution < 1.29 is 9.72 Å². The maximum atomic E-state index is 11.2. The Hall–Kier alpha value is -1.89. The van der Waals surface area contributed by atoms with Crippen LogP contribution in [0.4, 0.5) is 5.69 Å². The quantitative estimate of drug-likeness (QED) is 0.451. The first kappa shape index (κ1) is 10.2. The second-order valence-corrected chi connectivity index (χ2v) is 2.57. The molecule has 76 valence electrons. The van der Waals surface area contributed by atoms with E-state index in [0.717, 1.165) is 6.20 Å². The number of amides is 1. The molecule has 0 saturated heterocycles. The van der Waals surface area contributed by atoms with Crippen molar-refractivity contribution in [3.63, 3.8) is 0 Å². The highest BCUT2D eigenvalue weighted by atomic mass is 16.6. The number of hydrogen-bond donors (Lipinski definition) is 3. The fraction of sp³-hybridized carbons (Fsp3) is 0.286. The van der Waals surface area contributed by atoms with Crippen LogP contribution in [0.15, 0.2) is 12.3 Å². The number of carbonyl (C=O) groups is 1. The number of carbonyl (C=O) groups excluding carboxylic acids is 1. The van der Waals surface area contributed by atoms with Crippen LogP contribution in [0, 0.1) is 10.1 Å². The summed E-state index contributed by atoms with van der Waals surface area (Å²) in [7, 11) is 0. The van der Waals surface area contributed by atoms with Crippen molar-refractivity contribution >= 4 is 11.6 Å². The van der Waals surface area contributed by atoms with Crippen molar-refractivity contribution in [3.8, 4) is 0 Å². The zero-order chi connectivity index (χ0) is 10.6.